The van der Waals surface area contributed by atoms with E-state index in [4.69, 9.17) is 17.3 Å². The fraction of sp³-hybridized carbons (Fsp3) is 0.533. The number of hydrogen-bond acceptors (Lipinski definition) is 2. The average Bonchev–Trinajstić information content (AvgIpc) is 2.40. The number of amides is 1. The molecule has 0 radical (unpaired) electrons. The fourth-order valence-electron chi connectivity index (χ4n) is 2.76. The number of carbonyl (C=O) groups excluding carboxylic acids is 1. The molecule has 2 unspecified atom stereocenters. The van der Waals surface area contributed by atoms with Gasteiger partial charge in [-0.15, -0.1) is 0 Å². The number of nitrogens with two attached hydrogens (primary N) is 1. The summed E-state index contributed by atoms with van der Waals surface area (Å²) in [5.41, 5.74) is 7.45. The molecule has 1 saturated heterocycles. The van der Waals surface area contributed by atoms with Crippen LogP contribution in [-0.4, -0.2) is 29.4 Å². The Bertz CT molecular complexity index is 475. The van der Waals surface area contributed by atoms with Gasteiger partial charge in [-0.2, -0.15) is 0 Å². The Morgan fingerprint density at radius 3 is 2.84 bits per heavy atom. The van der Waals surface area contributed by atoms with Gasteiger partial charge in [0.15, 0.2) is 0 Å². The Morgan fingerprint density at radius 2 is 2.21 bits per heavy atom. The van der Waals surface area contributed by atoms with Crippen LogP contribution in [0.4, 0.5) is 0 Å². The molecular formula is C15H21ClN2O. The van der Waals surface area contributed by atoms with Crippen LogP contribution in [0.3, 0.4) is 0 Å². The largest absolute Gasteiger partial charge is 0.332 e. The van der Waals surface area contributed by atoms with E-state index >= 15 is 0 Å². The zero-order chi connectivity index (χ0) is 14.0. The summed E-state index contributed by atoms with van der Waals surface area (Å²) in [4.78, 5) is 14.6. The van der Waals surface area contributed by atoms with Crippen molar-refractivity contribution in [2.75, 3.05) is 6.54 Å². The molecule has 2 atom stereocenters. The molecule has 19 heavy (non-hydrogen) atoms. The quantitative estimate of drug-likeness (QED) is 0.905. The van der Waals surface area contributed by atoms with Gasteiger partial charge >= 0.3 is 0 Å². The van der Waals surface area contributed by atoms with E-state index in [0.717, 1.165) is 24.8 Å². The van der Waals surface area contributed by atoms with Crippen LogP contribution in [0.1, 0.15) is 42.1 Å². The number of halogens is 1. The molecule has 3 nitrogen and oxygen atoms in total. The van der Waals surface area contributed by atoms with Gasteiger partial charge in [0.2, 0.25) is 0 Å². The maximum Gasteiger partial charge on any atom is 0.254 e. The number of aryl methyl sites for hydroxylation is 1. The Kier molecular flexibility index (Phi) is 4.48. The Hall–Kier alpha value is -1.06. The highest BCUT2D eigenvalue weighted by Crippen LogP contribution is 2.26. The molecular weight excluding hydrogens is 260 g/mol. The second-order valence-corrected chi connectivity index (χ2v) is 5.75. The van der Waals surface area contributed by atoms with Crippen molar-refractivity contribution in [1.82, 2.24) is 4.90 Å². The lowest BCUT2D eigenvalue weighted by Crippen LogP contribution is -2.51. The summed E-state index contributed by atoms with van der Waals surface area (Å²) in [7, 11) is 0. The second kappa shape index (κ2) is 5.93. The van der Waals surface area contributed by atoms with Crippen molar-refractivity contribution in [1.29, 1.82) is 0 Å². The van der Waals surface area contributed by atoms with Crippen LogP contribution in [0.2, 0.25) is 5.02 Å². The van der Waals surface area contributed by atoms with Crippen molar-refractivity contribution in [3.05, 3.63) is 34.3 Å². The standard InChI is InChI=1S/C15H21ClN2O/c1-10-6-7-12(8-14(10)16)15(19)18-11(2)4-3-5-13(18)9-17/h6-8,11,13H,3-5,9,17H2,1-2H3. The molecule has 1 fully saturated rings. The predicted octanol–water partition coefficient (Wildman–Crippen LogP) is 2.99. The molecule has 1 aromatic rings. The molecule has 0 aromatic heterocycles. The van der Waals surface area contributed by atoms with Crippen LogP contribution in [-0.2, 0) is 0 Å². The first-order valence-electron chi connectivity index (χ1n) is 6.83. The highest BCUT2D eigenvalue weighted by Gasteiger charge is 2.31. The molecule has 0 spiro atoms. The van der Waals surface area contributed by atoms with Gasteiger partial charge < -0.3 is 10.6 Å². The minimum atomic E-state index is 0.0459. The van der Waals surface area contributed by atoms with Crippen molar-refractivity contribution < 1.29 is 4.79 Å². The topological polar surface area (TPSA) is 46.3 Å². The fourth-order valence-corrected chi connectivity index (χ4v) is 2.94. The van der Waals surface area contributed by atoms with Gasteiger partial charge in [0.05, 0.1) is 0 Å². The molecule has 1 heterocycles. The maximum absolute atomic E-state index is 12.7. The van der Waals surface area contributed by atoms with Crippen LogP contribution in [0.5, 0.6) is 0 Å². The van der Waals surface area contributed by atoms with Gasteiger partial charge in [-0.25, -0.2) is 0 Å². The van der Waals surface area contributed by atoms with E-state index in [1.54, 1.807) is 6.07 Å². The molecule has 2 rings (SSSR count). The lowest BCUT2D eigenvalue weighted by Gasteiger charge is -2.40. The van der Waals surface area contributed by atoms with E-state index in [0.29, 0.717) is 17.1 Å². The SMILES string of the molecule is Cc1ccc(C(=O)N2C(C)CCCC2CN)cc1Cl. The molecule has 0 saturated carbocycles. The van der Waals surface area contributed by atoms with Gasteiger partial charge in [-0.1, -0.05) is 17.7 Å². The molecule has 1 aliphatic heterocycles. The average molecular weight is 281 g/mol. The summed E-state index contributed by atoms with van der Waals surface area (Å²) in [6.07, 6.45) is 3.18. The van der Waals surface area contributed by atoms with Crippen LogP contribution >= 0.6 is 11.6 Å². The second-order valence-electron chi connectivity index (χ2n) is 5.35. The number of likely N-dealkylation sites (tertiary alicyclic amines) is 1. The van der Waals surface area contributed by atoms with Gasteiger partial charge in [0, 0.05) is 29.2 Å². The molecule has 1 amide bonds. The molecule has 0 bridgehead atoms. The lowest BCUT2D eigenvalue weighted by molar-refractivity contribution is 0.0494. The minimum absolute atomic E-state index is 0.0459. The first-order valence-corrected chi connectivity index (χ1v) is 7.21. The zero-order valence-corrected chi connectivity index (χ0v) is 12.3. The van der Waals surface area contributed by atoms with E-state index in [-0.39, 0.29) is 18.0 Å². The highest BCUT2D eigenvalue weighted by molar-refractivity contribution is 6.31. The normalized spacial score (nSPS) is 23.5. The van der Waals surface area contributed by atoms with Crippen LogP contribution < -0.4 is 5.73 Å². The zero-order valence-electron chi connectivity index (χ0n) is 11.5. The smallest absolute Gasteiger partial charge is 0.254 e. The number of benzene rings is 1. The maximum atomic E-state index is 12.7. The van der Waals surface area contributed by atoms with E-state index < -0.39 is 0 Å². The summed E-state index contributed by atoms with van der Waals surface area (Å²) in [5, 5.41) is 0.639. The van der Waals surface area contributed by atoms with Gasteiger partial charge in [0.1, 0.15) is 0 Å². The monoisotopic (exact) mass is 280 g/mol. The first-order chi connectivity index (χ1) is 9.04. The van der Waals surface area contributed by atoms with Crippen molar-refractivity contribution in [2.45, 2.75) is 45.2 Å². The molecule has 2 N–H and O–H groups in total. The Balaban J connectivity index is 2.27. The Morgan fingerprint density at radius 1 is 1.47 bits per heavy atom. The van der Waals surface area contributed by atoms with Gasteiger partial charge in [0.25, 0.3) is 5.91 Å². The first kappa shape index (κ1) is 14.4. The third-order valence-electron chi connectivity index (χ3n) is 3.95. The van der Waals surface area contributed by atoms with E-state index in [2.05, 4.69) is 6.92 Å². The third-order valence-corrected chi connectivity index (χ3v) is 4.36. The van der Waals surface area contributed by atoms with Crippen molar-refractivity contribution in [3.63, 3.8) is 0 Å². The highest BCUT2D eigenvalue weighted by atomic mass is 35.5. The van der Waals surface area contributed by atoms with E-state index in [9.17, 15) is 4.79 Å². The van der Waals surface area contributed by atoms with E-state index in [1.807, 2.05) is 24.0 Å². The van der Waals surface area contributed by atoms with Crippen LogP contribution in [0.25, 0.3) is 0 Å². The molecule has 4 heteroatoms. The van der Waals surface area contributed by atoms with Crippen molar-refractivity contribution >= 4 is 17.5 Å². The number of piperidine rings is 1. The Labute approximate surface area is 119 Å². The predicted molar refractivity (Wildman–Crippen MR) is 78.5 cm³/mol. The summed E-state index contributed by atoms with van der Waals surface area (Å²) >= 11 is 6.11. The molecule has 1 aliphatic rings. The van der Waals surface area contributed by atoms with Gasteiger partial charge in [-0.3, -0.25) is 4.79 Å². The number of carbonyl (C=O) groups is 1. The number of hydrogen-bond donors (Lipinski definition) is 1. The minimum Gasteiger partial charge on any atom is -0.332 e. The van der Waals surface area contributed by atoms with Crippen molar-refractivity contribution in [2.24, 2.45) is 5.73 Å². The molecule has 104 valence electrons. The summed E-state index contributed by atoms with van der Waals surface area (Å²) in [6.45, 7) is 4.55. The lowest BCUT2D eigenvalue weighted by atomic mass is 9.95. The summed E-state index contributed by atoms with van der Waals surface area (Å²) in [5.74, 6) is 0.0459. The molecule has 1 aromatic carbocycles. The molecule has 0 aliphatic carbocycles. The number of rotatable bonds is 2. The van der Waals surface area contributed by atoms with Crippen molar-refractivity contribution in [3.8, 4) is 0 Å². The number of nitrogens with zero attached hydrogens (tertiary/aromatic N) is 1. The third kappa shape index (κ3) is 2.93. The summed E-state index contributed by atoms with van der Waals surface area (Å²) < 4.78 is 0. The van der Waals surface area contributed by atoms with Crippen LogP contribution in [0, 0.1) is 6.92 Å². The van der Waals surface area contributed by atoms with Gasteiger partial charge in [-0.05, 0) is 50.8 Å². The van der Waals surface area contributed by atoms with Crippen LogP contribution in [0.15, 0.2) is 18.2 Å². The van der Waals surface area contributed by atoms with E-state index in [1.165, 1.54) is 0 Å². The summed E-state index contributed by atoms with van der Waals surface area (Å²) in [6, 6.07) is 5.89.